The number of benzene rings is 4. The van der Waals surface area contributed by atoms with E-state index in [1.54, 1.807) is 84.9 Å². The van der Waals surface area contributed by atoms with Gasteiger partial charge in [0.15, 0.2) is 0 Å². The summed E-state index contributed by atoms with van der Waals surface area (Å²) in [5.74, 6) is -3.54. The Kier molecular flexibility index (Phi) is 10.7. The van der Waals surface area contributed by atoms with E-state index in [4.69, 9.17) is 32.7 Å². The smallest absolute Gasteiger partial charge is 0.331 e. The number of carbonyl (C=O) groups is 2. The topological polar surface area (TPSA) is 59.1 Å². The van der Waals surface area contributed by atoms with Crippen LogP contribution in [0.3, 0.4) is 0 Å². The Labute approximate surface area is 301 Å². The van der Waals surface area contributed by atoms with Crippen LogP contribution in [0.15, 0.2) is 109 Å². The molecular formula is C40H38Cl2F2N2O4. The fraction of sp³-hybridized carbons (Fsp3) is 0.300. The van der Waals surface area contributed by atoms with Crippen molar-refractivity contribution in [3.05, 3.63) is 153 Å². The Bertz CT molecular complexity index is 1740. The number of piperidine rings is 2. The van der Waals surface area contributed by atoms with Gasteiger partial charge < -0.3 is 19.3 Å². The second-order valence-electron chi connectivity index (χ2n) is 13.1. The Balaban J connectivity index is 1.33. The Morgan fingerprint density at radius 1 is 0.640 bits per heavy atom. The van der Waals surface area contributed by atoms with Gasteiger partial charge in [0.1, 0.15) is 22.8 Å². The Morgan fingerprint density at radius 2 is 1.00 bits per heavy atom. The molecule has 0 spiro atoms. The number of nitrogens with zero attached hydrogens (tertiary/aromatic N) is 2. The summed E-state index contributed by atoms with van der Waals surface area (Å²) in [5.41, 5.74) is -0.382. The summed E-state index contributed by atoms with van der Waals surface area (Å²) in [6.07, 6.45) is 2.82. The molecule has 0 N–H and O–H groups in total. The maximum Gasteiger partial charge on any atom is 0.331 e. The number of esters is 2. The molecule has 260 valence electrons. The molecule has 6 nitrogen and oxygen atoms in total. The largest absolute Gasteiger partial charge is 0.450 e. The van der Waals surface area contributed by atoms with Crippen molar-refractivity contribution in [3.63, 3.8) is 0 Å². The van der Waals surface area contributed by atoms with Gasteiger partial charge in [-0.1, -0.05) is 83.9 Å². The summed E-state index contributed by atoms with van der Waals surface area (Å²) in [6, 6.07) is 26.9. The molecule has 4 aromatic carbocycles. The van der Waals surface area contributed by atoms with Gasteiger partial charge in [-0.25, -0.2) is 18.4 Å². The predicted molar refractivity (Wildman–Crippen MR) is 190 cm³/mol. The Morgan fingerprint density at radius 3 is 1.36 bits per heavy atom. The summed E-state index contributed by atoms with van der Waals surface area (Å²) >= 11 is 12.5. The highest BCUT2D eigenvalue weighted by molar-refractivity contribution is 6.30. The number of carbonyl (C=O) groups excluding carboxylic acids is 2. The fourth-order valence-electron chi connectivity index (χ4n) is 7.46. The molecule has 2 heterocycles. The molecule has 0 radical (unpaired) electrons. The van der Waals surface area contributed by atoms with Gasteiger partial charge in [0.05, 0.1) is 0 Å². The fourth-order valence-corrected chi connectivity index (χ4v) is 7.71. The van der Waals surface area contributed by atoms with Crippen LogP contribution in [-0.2, 0) is 30.3 Å². The van der Waals surface area contributed by atoms with Crippen LogP contribution < -0.4 is 0 Å². The molecule has 2 aliphatic heterocycles. The van der Waals surface area contributed by atoms with Gasteiger partial charge in [0, 0.05) is 73.1 Å². The molecule has 2 saturated heterocycles. The molecule has 0 bridgehead atoms. The highest BCUT2D eigenvalue weighted by Crippen LogP contribution is 2.49. The van der Waals surface area contributed by atoms with Crippen molar-refractivity contribution in [1.29, 1.82) is 0 Å². The minimum atomic E-state index is -1.26. The second kappa shape index (κ2) is 15.0. The highest BCUT2D eigenvalue weighted by Gasteiger charge is 2.50. The number of rotatable bonds is 8. The predicted octanol–water partition coefficient (Wildman–Crippen LogP) is 8.24. The summed E-state index contributed by atoms with van der Waals surface area (Å²) in [6.45, 7) is 1.97. The molecule has 4 unspecified atom stereocenters. The van der Waals surface area contributed by atoms with Gasteiger partial charge in [-0.05, 0) is 72.7 Å². The third kappa shape index (κ3) is 7.35. The van der Waals surface area contributed by atoms with Crippen LogP contribution in [0.2, 0.25) is 10.0 Å². The standard InChI is InChI=1S/C40H38Cl2F2N2O4/c1-45-23-21-39(27-11-15-29(41)16-12-27,33(25-45)31-7-3-5-9-35(31)43)49-37(47)19-20-38(48)50-40(28-13-17-30(42)18-14-28)22-24-46(2)26-34(40)32-8-4-6-10-36(32)44/h3-20,33-34H,21-26H2,1-2H3/b20-19-. The quantitative estimate of drug-likeness (QED) is 0.135. The van der Waals surface area contributed by atoms with Crippen LogP contribution in [0.4, 0.5) is 8.78 Å². The average molecular weight is 720 g/mol. The maximum atomic E-state index is 15.4. The van der Waals surface area contributed by atoms with Crippen molar-refractivity contribution in [2.45, 2.75) is 35.9 Å². The van der Waals surface area contributed by atoms with Crippen molar-refractivity contribution < 1.29 is 27.8 Å². The SMILES string of the molecule is CN1CCC(OC(=O)/C=C\C(=O)OC2(c3ccc(Cl)cc3)CCN(C)CC2c2ccccc2F)(c2ccc(Cl)cc2)C(c2ccccc2F)C1. The van der Waals surface area contributed by atoms with E-state index in [0.29, 0.717) is 71.3 Å². The van der Waals surface area contributed by atoms with Crippen molar-refractivity contribution in [2.24, 2.45) is 0 Å². The van der Waals surface area contributed by atoms with Crippen LogP contribution in [0.5, 0.6) is 0 Å². The molecule has 0 aliphatic carbocycles. The van der Waals surface area contributed by atoms with E-state index in [1.807, 2.05) is 14.1 Å². The maximum absolute atomic E-state index is 15.4. The number of hydrogen-bond donors (Lipinski definition) is 0. The lowest BCUT2D eigenvalue weighted by atomic mass is 9.72. The van der Waals surface area contributed by atoms with Crippen molar-refractivity contribution >= 4 is 35.1 Å². The average Bonchev–Trinajstić information content (AvgIpc) is 3.10. The van der Waals surface area contributed by atoms with Gasteiger partial charge in [-0.2, -0.15) is 0 Å². The highest BCUT2D eigenvalue weighted by atomic mass is 35.5. The van der Waals surface area contributed by atoms with Gasteiger partial charge in [-0.3, -0.25) is 0 Å². The lowest BCUT2D eigenvalue weighted by Crippen LogP contribution is -2.50. The molecule has 0 saturated carbocycles. The third-order valence-electron chi connectivity index (χ3n) is 9.99. The first kappa shape index (κ1) is 35.7. The van der Waals surface area contributed by atoms with E-state index in [2.05, 4.69) is 9.80 Å². The van der Waals surface area contributed by atoms with E-state index in [1.165, 1.54) is 12.1 Å². The minimum Gasteiger partial charge on any atom is -0.450 e. The number of halogens is 4. The minimum absolute atomic E-state index is 0.367. The molecule has 4 aromatic rings. The first-order chi connectivity index (χ1) is 24.0. The molecule has 0 aromatic heterocycles. The molecule has 2 fully saturated rings. The van der Waals surface area contributed by atoms with Crippen molar-refractivity contribution in [3.8, 4) is 0 Å². The monoisotopic (exact) mass is 718 g/mol. The third-order valence-corrected chi connectivity index (χ3v) is 10.5. The van der Waals surface area contributed by atoms with Gasteiger partial charge in [0.25, 0.3) is 0 Å². The van der Waals surface area contributed by atoms with Crippen molar-refractivity contribution in [2.75, 3.05) is 40.3 Å². The van der Waals surface area contributed by atoms with E-state index in [0.717, 1.165) is 12.2 Å². The molecule has 2 aliphatic rings. The van der Waals surface area contributed by atoms with E-state index in [9.17, 15) is 9.59 Å². The number of ether oxygens (including phenoxy) is 2. The van der Waals surface area contributed by atoms with E-state index in [-0.39, 0.29) is 0 Å². The van der Waals surface area contributed by atoms with Gasteiger partial charge in [-0.15, -0.1) is 0 Å². The lowest BCUT2D eigenvalue weighted by Gasteiger charge is -2.47. The lowest BCUT2D eigenvalue weighted by molar-refractivity contribution is -0.166. The second-order valence-corrected chi connectivity index (χ2v) is 14.0. The summed E-state index contributed by atoms with van der Waals surface area (Å²) in [7, 11) is 3.87. The van der Waals surface area contributed by atoms with Crippen molar-refractivity contribution in [1.82, 2.24) is 9.80 Å². The molecule has 10 heteroatoms. The Hall–Kier alpha value is -4.08. The van der Waals surface area contributed by atoms with E-state index >= 15 is 8.78 Å². The zero-order valence-corrected chi connectivity index (χ0v) is 29.3. The molecule has 4 atom stereocenters. The molecule has 6 rings (SSSR count). The number of likely N-dealkylation sites (N-methyl/N-ethyl adjacent to an activating group) is 2. The summed E-state index contributed by atoms with van der Waals surface area (Å²) in [4.78, 5) is 31.6. The van der Waals surface area contributed by atoms with Crippen LogP contribution in [-0.4, -0.2) is 62.0 Å². The van der Waals surface area contributed by atoms with Crippen LogP contribution >= 0.6 is 23.2 Å². The molecule has 50 heavy (non-hydrogen) atoms. The van der Waals surface area contributed by atoms with Crippen LogP contribution in [0, 0.1) is 11.6 Å². The van der Waals surface area contributed by atoms with Gasteiger partial charge in [0.2, 0.25) is 0 Å². The summed E-state index contributed by atoms with van der Waals surface area (Å²) in [5, 5.41) is 1.01. The zero-order valence-electron chi connectivity index (χ0n) is 27.8. The number of likely N-dealkylation sites (tertiary alicyclic amines) is 2. The zero-order chi connectivity index (χ0) is 35.5. The van der Waals surface area contributed by atoms with Crippen LogP contribution in [0.1, 0.15) is 46.9 Å². The van der Waals surface area contributed by atoms with Gasteiger partial charge >= 0.3 is 11.9 Å². The first-order valence-electron chi connectivity index (χ1n) is 16.5. The molecule has 0 amide bonds. The van der Waals surface area contributed by atoms with E-state index < -0.39 is 46.6 Å². The molecular weight excluding hydrogens is 681 g/mol. The normalized spacial score (nSPS) is 24.6. The summed E-state index contributed by atoms with van der Waals surface area (Å²) < 4.78 is 43.3. The number of hydrogen-bond acceptors (Lipinski definition) is 6. The first-order valence-corrected chi connectivity index (χ1v) is 17.3. The van der Waals surface area contributed by atoms with Crippen LogP contribution in [0.25, 0.3) is 0 Å².